The number of aryl methyl sites for hydroxylation is 2. The smallest absolute Gasteiger partial charge is 0.349 e. The van der Waals surface area contributed by atoms with Crippen molar-refractivity contribution in [1.29, 1.82) is 0 Å². The van der Waals surface area contributed by atoms with Crippen LogP contribution >= 0.6 is 11.3 Å². The molecule has 1 amide bonds. The number of carbonyl (C=O) groups excluding carboxylic acids is 2. The molecule has 2 aromatic rings. The van der Waals surface area contributed by atoms with Gasteiger partial charge in [0.25, 0.3) is 5.91 Å². The topological polar surface area (TPSA) is 64.6 Å². The molecule has 1 aromatic carbocycles. The minimum atomic E-state index is -0.896. The number of thiophene rings is 1. The highest BCUT2D eigenvalue weighted by Gasteiger charge is 2.22. The van der Waals surface area contributed by atoms with Crippen LogP contribution in [-0.4, -0.2) is 25.1 Å². The number of esters is 1. The number of hydrogen-bond acceptors (Lipinski definition) is 5. The Hall–Kier alpha value is -2.34. The Morgan fingerprint density at radius 2 is 1.85 bits per heavy atom. The molecule has 1 heterocycles. The van der Waals surface area contributed by atoms with Crippen LogP contribution in [0.5, 0.6) is 5.75 Å². The third-order valence-electron chi connectivity index (χ3n) is 4.72. The summed E-state index contributed by atoms with van der Waals surface area (Å²) in [4.78, 5) is 26.8. The molecule has 0 fully saturated rings. The van der Waals surface area contributed by atoms with Gasteiger partial charge >= 0.3 is 5.97 Å². The summed E-state index contributed by atoms with van der Waals surface area (Å²) in [7, 11) is 1.54. The van der Waals surface area contributed by atoms with E-state index in [-0.39, 0.29) is 5.91 Å². The minimum absolute atomic E-state index is 0.386. The molecule has 6 heteroatoms. The van der Waals surface area contributed by atoms with Crippen LogP contribution in [0, 0.1) is 0 Å². The molecule has 0 radical (unpaired) electrons. The zero-order chi connectivity index (χ0) is 19.2. The number of anilines is 1. The minimum Gasteiger partial charge on any atom is -0.495 e. The number of methoxy groups -OCH3 is 1. The lowest BCUT2D eigenvalue weighted by Gasteiger charge is -2.14. The predicted molar refractivity (Wildman–Crippen MR) is 107 cm³/mol. The number of benzene rings is 1. The van der Waals surface area contributed by atoms with E-state index in [1.165, 1.54) is 48.1 Å². The lowest BCUT2D eigenvalue weighted by molar-refractivity contribution is -0.123. The number of nitrogens with one attached hydrogen (secondary N) is 1. The van der Waals surface area contributed by atoms with E-state index in [2.05, 4.69) is 5.32 Å². The monoisotopic (exact) mass is 387 g/mol. The Morgan fingerprint density at radius 1 is 1.11 bits per heavy atom. The average molecular weight is 388 g/mol. The number of ether oxygens (including phenoxy) is 2. The largest absolute Gasteiger partial charge is 0.495 e. The van der Waals surface area contributed by atoms with E-state index in [0.29, 0.717) is 16.3 Å². The first-order valence-corrected chi connectivity index (χ1v) is 10.2. The Balaban J connectivity index is 1.63. The fourth-order valence-electron chi connectivity index (χ4n) is 3.20. The summed E-state index contributed by atoms with van der Waals surface area (Å²) < 4.78 is 10.6. The second-order valence-electron chi connectivity index (χ2n) is 6.71. The van der Waals surface area contributed by atoms with E-state index < -0.39 is 12.1 Å². The van der Waals surface area contributed by atoms with Crippen molar-refractivity contribution in [2.45, 2.75) is 51.6 Å². The number of carbonyl (C=O) groups is 2. The van der Waals surface area contributed by atoms with Gasteiger partial charge in [-0.25, -0.2) is 4.79 Å². The maximum atomic E-state index is 12.5. The molecule has 1 aliphatic rings. The fraction of sp³-hybridized carbons (Fsp3) is 0.429. The first-order chi connectivity index (χ1) is 13.1. The highest BCUT2D eigenvalue weighted by atomic mass is 32.1. The van der Waals surface area contributed by atoms with Gasteiger partial charge in [0.1, 0.15) is 10.6 Å². The average Bonchev–Trinajstić information content (AvgIpc) is 3.04. The molecule has 3 rings (SSSR count). The van der Waals surface area contributed by atoms with E-state index in [1.807, 2.05) is 12.1 Å². The van der Waals surface area contributed by atoms with Gasteiger partial charge in [0.15, 0.2) is 6.10 Å². The van der Waals surface area contributed by atoms with Crippen molar-refractivity contribution in [1.82, 2.24) is 0 Å². The van der Waals surface area contributed by atoms with Crippen LogP contribution in [0.4, 0.5) is 5.69 Å². The van der Waals surface area contributed by atoms with Crippen LogP contribution in [0.3, 0.4) is 0 Å². The van der Waals surface area contributed by atoms with Gasteiger partial charge < -0.3 is 14.8 Å². The van der Waals surface area contributed by atoms with Crippen molar-refractivity contribution < 1.29 is 19.1 Å². The van der Waals surface area contributed by atoms with Crippen molar-refractivity contribution in [3.63, 3.8) is 0 Å². The summed E-state index contributed by atoms with van der Waals surface area (Å²) in [6.07, 6.45) is 5.97. The maximum absolute atomic E-state index is 12.5. The second kappa shape index (κ2) is 9.04. The van der Waals surface area contributed by atoms with Crippen molar-refractivity contribution in [2.75, 3.05) is 12.4 Å². The van der Waals surface area contributed by atoms with Crippen molar-refractivity contribution in [3.8, 4) is 5.75 Å². The quantitative estimate of drug-likeness (QED) is 0.762. The summed E-state index contributed by atoms with van der Waals surface area (Å²) in [6.45, 7) is 1.58. The Kier molecular flexibility index (Phi) is 6.50. The second-order valence-corrected chi connectivity index (χ2v) is 7.85. The van der Waals surface area contributed by atoms with Crippen molar-refractivity contribution >= 4 is 28.9 Å². The van der Waals surface area contributed by atoms with Gasteiger partial charge in [-0.3, -0.25) is 4.79 Å². The molecule has 0 saturated carbocycles. The first-order valence-electron chi connectivity index (χ1n) is 9.35. The molecule has 27 heavy (non-hydrogen) atoms. The zero-order valence-electron chi connectivity index (χ0n) is 15.7. The van der Waals surface area contributed by atoms with Crippen LogP contribution in [0.2, 0.25) is 0 Å². The molecule has 5 nitrogen and oxygen atoms in total. The number of hydrogen-bond donors (Lipinski definition) is 1. The Bertz CT molecular complexity index is 789. The summed E-state index contributed by atoms with van der Waals surface area (Å²) in [6, 6.07) is 9.06. The molecule has 1 atom stereocenters. The third-order valence-corrected chi connectivity index (χ3v) is 5.93. The van der Waals surface area contributed by atoms with Gasteiger partial charge in [0, 0.05) is 4.88 Å². The van der Waals surface area contributed by atoms with Gasteiger partial charge in [0.2, 0.25) is 0 Å². The number of fused-ring (bicyclic) bond motifs is 1. The Morgan fingerprint density at radius 3 is 2.63 bits per heavy atom. The third kappa shape index (κ3) is 4.89. The molecular weight excluding hydrogens is 362 g/mol. The molecule has 1 aliphatic carbocycles. The summed E-state index contributed by atoms with van der Waals surface area (Å²) in [5.74, 6) is -0.264. The fourth-order valence-corrected chi connectivity index (χ4v) is 4.34. The van der Waals surface area contributed by atoms with E-state index in [4.69, 9.17) is 9.47 Å². The van der Waals surface area contributed by atoms with E-state index >= 15 is 0 Å². The molecule has 0 saturated heterocycles. The Labute approximate surface area is 163 Å². The number of para-hydroxylation sites is 2. The summed E-state index contributed by atoms with van der Waals surface area (Å²) in [5.41, 5.74) is 1.81. The number of rotatable bonds is 5. The normalized spacial score (nSPS) is 15.0. The van der Waals surface area contributed by atoms with Crippen LogP contribution in [0.15, 0.2) is 30.3 Å². The molecule has 0 spiro atoms. The molecule has 0 unspecified atom stereocenters. The van der Waals surface area contributed by atoms with Gasteiger partial charge in [-0.15, -0.1) is 11.3 Å². The zero-order valence-corrected chi connectivity index (χ0v) is 16.6. The van der Waals surface area contributed by atoms with E-state index in [1.54, 1.807) is 25.1 Å². The van der Waals surface area contributed by atoms with Crippen LogP contribution in [0.25, 0.3) is 0 Å². The molecule has 0 aliphatic heterocycles. The summed E-state index contributed by atoms with van der Waals surface area (Å²) in [5, 5.41) is 2.75. The van der Waals surface area contributed by atoms with Crippen molar-refractivity contribution in [3.05, 3.63) is 45.6 Å². The lowest BCUT2D eigenvalue weighted by Crippen LogP contribution is -2.29. The van der Waals surface area contributed by atoms with Gasteiger partial charge in [-0.1, -0.05) is 25.0 Å². The van der Waals surface area contributed by atoms with Gasteiger partial charge in [-0.2, -0.15) is 0 Å². The van der Waals surface area contributed by atoms with Crippen LogP contribution in [0.1, 0.15) is 52.7 Å². The lowest BCUT2D eigenvalue weighted by atomic mass is 10.00. The highest BCUT2D eigenvalue weighted by Crippen LogP contribution is 2.29. The van der Waals surface area contributed by atoms with Crippen LogP contribution in [-0.2, 0) is 22.4 Å². The molecule has 1 N–H and O–H groups in total. The molecule has 144 valence electrons. The first kappa shape index (κ1) is 19.4. The predicted octanol–water partition coefficient (Wildman–Crippen LogP) is 4.60. The molecular formula is C21H25NO4S. The van der Waals surface area contributed by atoms with E-state index in [0.717, 1.165) is 19.3 Å². The number of amides is 1. The standard InChI is InChI=1S/C21H25NO4S/c1-14(20(23)22-16-10-7-8-11-17(16)25-2)26-21(24)19-13-15-9-5-3-4-6-12-18(15)27-19/h7-8,10-11,13-14H,3-6,9,12H2,1-2H3,(H,22,23)/t14-/m0/s1. The van der Waals surface area contributed by atoms with Crippen LogP contribution < -0.4 is 10.1 Å². The molecule has 1 aromatic heterocycles. The highest BCUT2D eigenvalue weighted by molar-refractivity contribution is 7.14. The SMILES string of the molecule is COc1ccccc1NC(=O)[C@H](C)OC(=O)c1cc2c(s1)CCCCCC2. The van der Waals surface area contributed by atoms with Gasteiger partial charge in [0.05, 0.1) is 12.8 Å². The molecule has 0 bridgehead atoms. The maximum Gasteiger partial charge on any atom is 0.349 e. The van der Waals surface area contributed by atoms with E-state index in [9.17, 15) is 9.59 Å². The summed E-state index contributed by atoms with van der Waals surface area (Å²) >= 11 is 1.50. The van der Waals surface area contributed by atoms with Crippen molar-refractivity contribution in [2.24, 2.45) is 0 Å². The van der Waals surface area contributed by atoms with Gasteiger partial charge in [-0.05, 0) is 56.4 Å².